The molecular weight excluding hydrogens is 252 g/mol. The predicted molar refractivity (Wildman–Crippen MR) is 79.1 cm³/mol. The lowest BCUT2D eigenvalue weighted by Gasteiger charge is -2.19. The van der Waals surface area contributed by atoms with Crippen molar-refractivity contribution in [3.05, 3.63) is 53.1 Å². The summed E-state index contributed by atoms with van der Waals surface area (Å²) in [6.07, 6.45) is 0. The summed E-state index contributed by atoms with van der Waals surface area (Å²) >= 11 is 0. The lowest BCUT2D eigenvalue weighted by atomic mass is 10.1. The molecule has 0 fully saturated rings. The van der Waals surface area contributed by atoms with Gasteiger partial charge in [0.1, 0.15) is 5.75 Å². The number of anilines is 2. The molecule has 1 amide bonds. The Balaban J connectivity index is 2.06. The number of amides is 1. The van der Waals surface area contributed by atoms with Gasteiger partial charge in [-0.3, -0.25) is 4.79 Å². The molecule has 4 nitrogen and oxygen atoms in total. The number of methoxy groups -OCH3 is 1. The highest BCUT2D eigenvalue weighted by molar-refractivity contribution is 6.11. The van der Waals surface area contributed by atoms with Crippen molar-refractivity contribution < 1.29 is 9.53 Å². The number of hydrogen-bond donors (Lipinski definition) is 1. The van der Waals surface area contributed by atoms with E-state index < -0.39 is 0 Å². The zero-order valence-corrected chi connectivity index (χ0v) is 11.5. The molecule has 0 radical (unpaired) electrons. The van der Waals surface area contributed by atoms with Crippen LogP contribution in [0.25, 0.3) is 0 Å². The summed E-state index contributed by atoms with van der Waals surface area (Å²) < 4.78 is 5.37. The molecule has 2 N–H and O–H groups in total. The fourth-order valence-electron chi connectivity index (χ4n) is 2.52. The van der Waals surface area contributed by atoms with Gasteiger partial charge in [0.25, 0.3) is 5.91 Å². The third kappa shape index (κ3) is 1.90. The lowest BCUT2D eigenvalue weighted by Crippen LogP contribution is -2.23. The van der Waals surface area contributed by atoms with Crippen molar-refractivity contribution in [3.63, 3.8) is 0 Å². The van der Waals surface area contributed by atoms with E-state index in [1.807, 2.05) is 37.3 Å². The number of benzene rings is 2. The molecule has 0 aliphatic carbocycles. The van der Waals surface area contributed by atoms with Crippen LogP contribution in [0.3, 0.4) is 0 Å². The SMILES string of the molecule is COc1ccc(C)cc1N1Cc2ccc(N)cc2C1=O. The molecule has 1 aliphatic heterocycles. The number of ether oxygens (including phenoxy) is 1. The summed E-state index contributed by atoms with van der Waals surface area (Å²) in [6, 6.07) is 11.3. The van der Waals surface area contributed by atoms with Crippen LogP contribution in [0.4, 0.5) is 11.4 Å². The van der Waals surface area contributed by atoms with Gasteiger partial charge in [-0.25, -0.2) is 0 Å². The average Bonchev–Trinajstić information content (AvgIpc) is 2.76. The van der Waals surface area contributed by atoms with E-state index in [2.05, 4.69) is 0 Å². The molecule has 0 unspecified atom stereocenters. The zero-order chi connectivity index (χ0) is 14.3. The van der Waals surface area contributed by atoms with Crippen molar-refractivity contribution in [2.75, 3.05) is 17.7 Å². The normalized spacial score (nSPS) is 13.5. The van der Waals surface area contributed by atoms with E-state index in [0.717, 1.165) is 16.8 Å². The van der Waals surface area contributed by atoms with Crippen molar-refractivity contribution in [2.45, 2.75) is 13.5 Å². The molecule has 0 atom stereocenters. The molecular formula is C16H16N2O2. The van der Waals surface area contributed by atoms with E-state index in [-0.39, 0.29) is 5.91 Å². The second-order valence-corrected chi connectivity index (χ2v) is 4.98. The van der Waals surface area contributed by atoms with Crippen LogP contribution >= 0.6 is 0 Å². The Morgan fingerprint density at radius 1 is 1.20 bits per heavy atom. The smallest absolute Gasteiger partial charge is 0.259 e. The van der Waals surface area contributed by atoms with Gasteiger partial charge in [-0.05, 0) is 42.3 Å². The Bertz CT molecular complexity index is 695. The monoisotopic (exact) mass is 268 g/mol. The van der Waals surface area contributed by atoms with Crippen molar-refractivity contribution in [2.24, 2.45) is 0 Å². The van der Waals surface area contributed by atoms with Crippen molar-refractivity contribution >= 4 is 17.3 Å². The number of nitrogens with two attached hydrogens (primary N) is 1. The number of carbonyl (C=O) groups excluding carboxylic acids is 1. The Kier molecular flexibility index (Phi) is 2.86. The van der Waals surface area contributed by atoms with E-state index >= 15 is 0 Å². The van der Waals surface area contributed by atoms with Gasteiger partial charge in [0.2, 0.25) is 0 Å². The highest BCUT2D eigenvalue weighted by Gasteiger charge is 2.30. The summed E-state index contributed by atoms with van der Waals surface area (Å²) in [5.74, 6) is 0.668. The van der Waals surface area contributed by atoms with Crippen LogP contribution in [0.15, 0.2) is 36.4 Å². The standard InChI is InChI=1S/C16H16N2O2/c1-10-3-6-15(20-2)14(7-10)18-9-11-4-5-12(17)8-13(11)16(18)19/h3-8H,9,17H2,1-2H3. The quantitative estimate of drug-likeness (QED) is 0.852. The Hall–Kier alpha value is -2.49. The molecule has 0 bridgehead atoms. The molecule has 0 saturated carbocycles. The van der Waals surface area contributed by atoms with Gasteiger partial charge in [-0.15, -0.1) is 0 Å². The second-order valence-electron chi connectivity index (χ2n) is 4.98. The Morgan fingerprint density at radius 3 is 2.75 bits per heavy atom. The van der Waals surface area contributed by atoms with Crippen LogP contribution < -0.4 is 15.4 Å². The van der Waals surface area contributed by atoms with Crippen molar-refractivity contribution in [1.82, 2.24) is 0 Å². The van der Waals surface area contributed by atoms with Gasteiger partial charge < -0.3 is 15.4 Å². The van der Waals surface area contributed by atoms with Crippen LogP contribution in [0, 0.1) is 6.92 Å². The molecule has 2 aromatic rings. The van der Waals surface area contributed by atoms with Crippen LogP contribution in [-0.2, 0) is 6.54 Å². The van der Waals surface area contributed by atoms with Crippen LogP contribution in [0.2, 0.25) is 0 Å². The van der Waals surface area contributed by atoms with Crippen molar-refractivity contribution in [3.8, 4) is 5.75 Å². The van der Waals surface area contributed by atoms with E-state index in [1.165, 1.54) is 0 Å². The first-order chi connectivity index (χ1) is 9.60. The first kappa shape index (κ1) is 12.5. The largest absolute Gasteiger partial charge is 0.495 e. The molecule has 1 aliphatic rings. The summed E-state index contributed by atoms with van der Waals surface area (Å²) in [7, 11) is 1.61. The zero-order valence-electron chi connectivity index (χ0n) is 11.5. The summed E-state index contributed by atoms with van der Waals surface area (Å²) in [6.45, 7) is 2.54. The lowest BCUT2D eigenvalue weighted by molar-refractivity contribution is 0.0996. The molecule has 2 aromatic carbocycles. The number of rotatable bonds is 2. The number of nitrogen functional groups attached to an aromatic ring is 1. The number of carbonyl (C=O) groups is 1. The van der Waals surface area contributed by atoms with Gasteiger partial charge in [0.15, 0.2) is 0 Å². The van der Waals surface area contributed by atoms with Crippen LogP contribution in [0.1, 0.15) is 21.5 Å². The van der Waals surface area contributed by atoms with Crippen LogP contribution in [-0.4, -0.2) is 13.0 Å². The Morgan fingerprint density at radius 2 is 2.00 bits per heavy atom. The minimum Gasteiger partial charge on any atom is -0.495 e. The number of hydrogen-bond acceptors (Lipinski definition) is 3. The Labute approximate surface area is 117 Å². The molecule has 0 aromatic heterocycles. The molecule has 3 rings (SSSR count). The maximum absolute atomic E-state index is 12.5. The molecule has 4 heteroatoms. The minimum absolute atomic E-state index is 0.0313. The molecule has 0 spiro atoms. The van der Waals surface area contributed by atoms with Gasteiger partial charge in [0.05, 0.1) is 19.3 Å². The minimum atomic E-state index is -0.0313. The third-order valence-electron chi connectivity index (χ3n) is 3.56. The average molecular weight is 268 g/mol. The number of aryl methyl sites for hydroxylation is 1. The van der Waals surface area contributed by atoms with Gasteiger partial charge in [-0.2, -0.15) is 0 Å². The van der Waals surface area contributed by atoms with E-state index in [1.54, 1.807) is 18.1 Å². The molecule has 102 valence electrons. The molecule has 1 heterocycles. The van der Waals surface area contributed by atoms with Gasteiger partial charge in [0, 0.05) is 11.3 Å². The summed E-state index contributed by atoms with van der Waals surface area (Å²) in [4.78, 5) is 14.3. The first-order valence-electron chi connectivity index (χ1n) is 6.45. The fraction of sp³-hybridized carbons (Fsp3) is 0.188. The fourth-order valence-corrected chi connectivity index (χ4v) is 2.52. The maximum atomic E-state index is 12.5. The maximum Gasteiger partial charge on any atom is 0.259 e. The number of fused-ring (bicyclic) bond motifs is 1. The summed E-state index contributed by atoms with van der Waals surface area (Å²) in [5.41, 5.74) is 9.92. The highest BCUT2D eigenvalue weighted by Crippen LogP contribution is 2.35. The van der Waals surface area contributed by atoms with E-state index in [4.69, 9.17) is 10.5 Å². The molecule has 0 saturated heterocycles. The van der Waals surface area contributed by atoms with E-state index in [0.29, 0.717) is 23.5 Å². The number of nitrogens with zero attached hydrogens (tertiary/aromatic N) is 1. The summed E-state index contributed by atoms with van der Waals surface area (Å²) in [5, 5.41) is 0. The highest BCUT2D eigenvalue weighted by atomic mass is 16.5. The topological polar surface area (TPSA) is 55.6 Å². The molecule has 20 heavy (non-hydrogen) atoms. The second kappa shape index (κ2) is 4.56. The first-order valence-corrected chi connectivity index (χ1v) is 6.45. The van der Waals surface area contributed by atoms with Crippen molar-refractivity contribution in [1.29, 1.82) is 0 Å². The van der Waals surface area contributed by atoms with Gasteiger partial charge >= 0.3 is 0 Å². The van der Waals surface area contributed by atoms with Gasteiger partial charge in [-0.1, -0.05) is 12.1 Å². The van der Waals surface area contributed by atoms with Crippen LogP contribution in [0.5, 0.6) is 5.75 Å². The van der Waals surface area contributed by atoms with E-state index in [9.17, 15) is 4.79 Å². The predicted octanol–water partition coefficient (Wildman–Crippen LogP) is 2.75. The third-order valence-corrected chi connectivity index (χ3v) is 3.56.